The summed E-state index contributed by atoms with van der Waals surface area (Å²) in [4.78, 5) is 4.33. The first-order valence-corrected chi connectivity index (χ1v) is 8.72. The fraction of sp³-hybridized carbons (Fsp3) is 0.400. The molecule has 0 amide bonds. The van der Waals surface area contributed by atoms with Gasteiger partial charge in [0.1, 0.15) is 0 Å². The Morgan fingerprint density at radius 3 is 2.95 bits per heavy atom. The summed E-state index contributed by atoms with van der Waals surface area (Å²) in [7, 11) is -3.32. The maximum atomic E-state index is 12.7. The molecule has 0 aliphatic carbocycles. The van der Waals surface area contributed by atoms with Gasteiger partial charge in [-0.1, -0.05) is 24.3 Å². The second kappa shape index (κ2) is 5.71. The van der Waals surface area contributed by atoms with Crippen LogP contribution < -0.4 is 5.32 Å². The number of pyridine rings is 1. The van der Waals surface area contributed by atoms with Crippen LogP contribution in [0, 0.1) is 0 Å². The molecule has 0 saturated carbocycles. The van der Waals surface area contributed by atoms with Gasteiger partial charge in [-0.25, -0.2) is 8.42 Å². The lowest BCUT2D eigenvalue weighted by Crippen LogP contribution is -2.52. The van der Waals surface area contributed by atoms with E-state index in [-0.39, 0.29) is 11.8 Å². The molecular formula is C15H19N3O2S. The molecule has 6 heteroatoms. The van der Waals surface area contributed by atoms with Crippen molar-refractivity contribution in [2.45, 2.75) is 18.7 Å². The van der Waals surface area contributed by atoms with E-state index in [9.17, 15) is 8.42 Å². The summed E-state index contributed by atoms with van der Waals surface area (Å²) in [6.07, 6.45) is 1.70. The molecule has 1 fully saturated rings. The lowest BCUT2D eigenvalue weighted by molar-refractivity contribution is 0.283. The van der Waals surface area contributed by atoms with Crippen molar-refractivity contribution in [2.75, 3.05) is 19.6 Å². The van der Waals surface area contributed by atoms with Gasteiger partial charge < -0.3 is 5.32 Å². The number of sulfonamides is 1. The van der Waals surface area contributed by atoms with Gasteiger partial charge in [0, 0.05) is 37.3 Å². The highest BCUT2D eigenvalue weighted by Crippen LogP contribution is 2.21. The molecule has 0 bridgehead atoms. The van der Waals surface area contributed by atoms with Crippen LogP contribution in [0.4, 0.5) is 0 Å². The van der Waals surface area contributed by atoms with Crippen LogP contribution in [-0.4, -0.2) is 43.4 Å². The van der Waals surface area contributed by atoms with Crippen LogP contribution in [0.2, 0.25) is 0 Å². The summed E-state index contributed by atoms with van der Waals surface area (Å²) in [5.41, 5.74) is 1.53. The van der Waals surface area contributed by atoms with Gasteiger partial charge >= 0.3 is 0 Å². The van der Waals surface area contributed by atoms with Crippen molar-refractivity contribution < 1.29 is 8.42 Å². The van der Waals surface area contributed by atoms with E-state index in [1.807, 2.05) is 37.3 Å². The highest BCUT2D eigenvalue weighted by molar-refractivity contribution is 7.88. The smallest absolute Gasteiger partial charge is 0.218 e. The second-order valence-electron chi connectivity index (χ2n) is 5.41. The SMILES string of the molecule is C[C@@H]1CNCCN1S(=O)(=O)Cc1cccc2cccnc12. The molecule has 0 radical (unpaired) electrons. The minimum atomic E-state index is -3.32. The van der Waals surface area contributed by atoms with Crippen LogP contribution in [0.25, 0.3) is 10.9 Å². The van der Waals surface area contributed by atoms with E-state index in [0.717, 1.165) is 16.5 Å². The largest absolute Gasteiger partial charge is 0.314 e. The van der Waals surface area contributed by atoms with E-state index in [4.69, 9.17) is 0 Å². The summed E-state index contributed by atoms with van der Waals surface area (Å²) >= 11 is 0. The molecule has 2 heterocycles. The molecule has 2 aromatic rings. The molecule has 1 aliphatic heterocycles. The molecule has 1 aromatic heterocycles. The van der Waals surface area contributed by atoms with Crippen molar-refractivity contribution in [1.29, 1.82) is 0 Å². The quantitative estimate of drug-likeness (QED) is 0.930. The molecule has 0 unspecified atom stereocenters. The Morgan fingerprint density at radius 2 is 2.14 bits per heavy atom. The third-order valence-corrected chi connectivity index (χ3v) is 5.78. The van der Waals surface area contributed by atoms with Gasteiger partial charge in [0.2, 0.25) is 10.0 Å². The van der Waals surface area contributed by atoms with Crippen LogP contribution in [0.15, 0.2) is 36.5 Å². The number of rotatable bonds is 3. The maximum absolute atomic E-state index is 12.7. The zero-order valence-corrected chi connectivity index (χ0v) is 12.8. The van der Waals surface area contributed by atoms with Gasteiger partial charge in [-0.3, -0.25) is 4.98 Å². The Kier molecular flexibility index (Phi) is 3.93. The van der Waals surface area contributed by atoms with Gasteiger partial charge in [-0.05, 0) is 18.6 Å². The molecule has 3 rings (SSSR count). The van der Waals surface area contributed by atoms with Crippen LogP contribution in [0.5, 0.6) is 0 Å². The molecule has 1 atom stereocenters. The van der Waals surface area contributed by atoms with E-state index in [1.54, 1.807) is 10.5 Å². The van der Waals surface area contributed by atoms with E-state index >= 15 is 0 Å². The number of para-hydroxylation sites is 1. The first-order valence-electron chi connectivity index (χ1n) is 7.11. The molecule has 112 valence electrons. The fourth-order valence-electron chi connectivity index (χ4n) is 2.80. The van der Waals surface area contributed by atoms with E-state index < -0.39 is 10.0 Å². The summed E-state index contributed by atoms with van der Waals surface area (Å²) in [5.74, 6) is 0.00565. The van der Waals surface area contributed by atoms with Crippen molar-refractivity contribution in [3.8, 4) is 0 Å². The predicted octanol–water partition coefficient (Wildman–Crippen LogP) is 1.36. The molecule has 1 aromatic carbocycles. The topological polar surface area (TPSA) is 62.3 Å². The number of aromatic nitrogens is 1. The van der Waals surface area contributed by atoms with E-state index in [2.05, 4.69) is 10.3 Å². The van der Waals surface area contributed by atoms with Crippen molar-refractivity contribution in [3.63, 3.8) is 0 Å². The summed E-state index contributed by atoms with van der Waals surface area (Å²) < 4.78 is 27.0. The summed E-state index contributed by atoms with van der Waals surface area (Å²) in [6.45, 7) is 3.87. The normalized spacial score (nSPS) is 20.7. The Balaban J connectivity index is 1.94. The lowest BCUT2D eigenvalue weighted by atomic mass is 10.1. The Hall–Kier alpha value is -1.50. The van der Waals surface area contributed by atoms with E-state index in [1.165, 1.54) is 0 Å². The molecule has 1 saturated heterocycles. The third-order valence-electron chi connectivity index (χ3n) is 3.85. The molecule has 21 heavy (non-hydrogen) atoms. The average Bonchev–Trinajstić information content (AvgIpc) is 2.47. The number of piperazine rings is 1. The van der Waals surface area contributed by atoms with Crippen LogP contribution in [-0.2, 0) is 15.8 Å². The van der Waals surface area contributed by atoms with Crippen LogP contribution in [0.1, 0.15) is 12.5 Å². The summed E-state index contributed by atoms with van der Waals surface area (Å²) in [6, 6.07) is 9.48. The number of benzene rings is 1. The third kappa shape index (κ3) is 2.92. The Bertz CT molecular complexity index is 740. The van der Waals surface area contributed by atoms with Gasteiger partial charge in [-0.2, -0.15) is 4.31 Å². The standard InChI is InChI=1S/C15H19N3O2S/c1-12-10-16-8-9-18(12)21(19,20)11-14-5-2-4-13-6-3-7-17-15(13)14/h2-7,12,16H,8-11H2,1H3/t12-/m1/s1. The molecule has 1 aliphatic rings. The Morgan fingerprint density at radius 1 is 1.33 bits per heavy atom. The van der Waals surface area contributed by atoms with Crippen molar-refractivity contribution in [3.05, 3.63) is 42.1 Å². The highest BCUT2D eigenvalue weighted by Gasteiger charge is 2.29. The molecule has 0 spiro atoms. The van der Waals surface area contributed by atoms with Crippen molar-refractivity contribution in [2.24, 2.45) is 0 Å². The van der Waals surface area contributed by atoms with Crippen LogP contribution >= 0.6 is 0 Å². The number of hydrogen-bond acceptors (Lipinski definition) is 4. The first kappa shape index (κ1) is 14.4. The second-order valence-corrected chi connectivity index (χ2v) is 7.33. The average molecular weight is 305 g/mol. The zero-order valence-electron chi connectivity index (χ0n) is 12.0. The first-order chi connectivity index (χ1) is 10.1. The van der Waals surface area contributed by atoms with Gasteiger partial charge in [0.05, 0.1) is 11.3 Å². The minimum absolute atomic E-state index is 0.00565. The molecule has 5 nitrogen and oxygen atoms in total. The maximum Gasteiger partial charge on any atom is 0.218 e. The van der Waals surface area contributed by atoms with Crippen LogP contribution in [0.3, 0.4) is 0 Å². The predicted molar refractivity (Wildman–Crippen MR) is 83.4 cm³/mol. The monoisotopic (exact) mass is 305 g/mol. The minimum Gasteiger partial charge on any atom is -0.314 e. The van der Waals surface area contributed by atoms with Gasteiger partial charge in [0.25, 0.3) is 0 Å². The fourth-order valence-corrected chi connectivity index (χ4v) is 4.58. The Labute approximate surface area is 125 Å². The number of nitrogens with one attached hydrogen (secondary N) is 1. The van der Waals surface area contributed by atoms with E-state index in [0.29, 0.717) is 19.6 Å². The van der Waals surface area contributed by atoms with Crippen molar-refractivity contribution >= 4 is 20.9 Å². The van der Waals surface area contributed by atoms with Crippen molar-refractivity contribution in [1.82, 2.24) is 14.6 Å². The number of nitrogens with zero attached hydrogens (tertiary/aromatic N) is 2. The van der Waals surface area contributed by atoms with Gasteiger partial charge in [0.15, 0.2) is 0 Å². The zero-order chi connectivity index (χ0) is 14.9. The molecular weight excluding hydrogens is 286 g/mol. The number of hydrogen-bond donors (Lipinski definition) is 1. The lowest BCUT2D eigenvalue weighted by Gasteiger charge is -2.32. The highest BCUT2D eigenvalue weighted by atomic mass is 32.2. The molecule has 1 N–H and O–H groups in total. The number of fused-ring (bicyclic) bond motifs is 1. The van der Waals surface area contributed by atoms with Gasteiger partial charge in [-0.15, -0.1) is 0 Å². The summed E-state index contributed by atoms with van der Waals surface area (Å²) in [5, 5.41) is 4.18.